The van der Waals surface area contributed by atoms with Crippen molar-refractivity contribution in [3.05, 3.63) is 62.8 Å². The number of nitrogens with one attached hydrogen (secondary N) is 2. The summed E-state index contributed by atoms with van der Waals surface area (Å²) in [6, 6.07) is 11.2. The number of benzene rings is 2. The molecule has 1 aliphatic rings. The van der Waals surface area contributed by atoms with Gasteiger partial charge in [-0.05, 0) is 52.2 Å². The van der Waals surface area contributed by atoms with Gasteiger partial charge in [-0.15, -0.1) is 0 Å². The van der Waals surface area contributed by atoms with Crippen LogP contribution in [0.5, 0.6) is 0 Å². The van der Waals surface area contributed by atoms with Gasteiger partial charge in [0.2, 0.25) is 0 Å². The van der Waals surface area contributed by atoms with Gasteiger partial charge in [0.05, 0.1) is 16.8 Å². The molecule has 0 radical (unpaired) electrons. The smallest absolute Gasteiger partial charge is 0.125 e. The van der Waals surface area contributed by atoms with E-state index in [0.29, 0.717) is 9.50 Å². The van der Waals surface area contributed by atoms with Gasteiger partial charge in [-0.2, -0.15) is 0 Å². The lowest BCUT2D eigenvalue weighted by Gasteiger charge is -2.22. The highest BCUT2D eigenvalue weighted by molar-refractivity contribution is 9.10. The molecule has 1 atom stereocenters. The Morgan fingerprint density at radius 1 is 1.29 bits per heavy atom. The van der Waals surface area contributed by atoms with Crippen LogP contribution in [0.15, 0.2) is 40.9 Å². The molecule has 0 fully saturated rings. The molecule has 0 saturated heterocycles. The van der Waals surface area contributed by atoms with E-state index in [2.05, 4.69) is 38.7 Å². The van der Waals surface area contributed by atoms with Crippen LogP contribution in [0.3, 0.4) is 0 Å². The van der Waals surface area contributed by atoms with Crippen LogP contribution in [0.25, 0.3) is 0 Å². The normalized spacial score (nSPS) is 18.0. The number of fused-ring (bicyclic) bond motifs is 1. The van der Waals surface area contributed by atoms with Crippen LogP contribution in [0.2, 0.25) is 5.02 Å². The average Bonchev–Trinajstić information content (AvgIpc) is 2.65. The highest BCUT2D eigenvalue weighted by Gasteiger charge is 2.20. The Bertz CT molecular complexity index is 639. The van der Waals surface area contributed by atoms with Crippen molar-refractivity contribution in [1.82, 2.24) is 5.32 Å². The largest absolute Gasteiger partial charge is 0.376 e. The third-order valence-corrected chi connectivity index (χ3v) is 4.60. The lowest BCUT2D eigenvalue weighted by atomic mass is 9.99. The quantitative estimate of drug-likeness (QED) is 0.787. The van der Waals surface area contributed by atoms with Crippen LogP contribution in [0.1, 0.15) is 23.6 Å². The number of hydrogen-bond acceptors (Lipinski definition) is 2. The Hall–Kier alpha value is -1.10. The van der Waals surface area contributed by atoms with E-state index in [1.165, 1.54) is 23.3 Å². The first-order chi connectivity index (χ1) is 10.1. The molecule has 0 saturated carbocycles. The van der Waals surface area contributed by atoms with E-state index in [1.54, 1.807) is 0 Å². The summed E-state index contributed by atoms with van der Waals surface area (Å²) in [7, 11) is 0. The first-order valence-corrected chi connectivity index (χ1v) is 8.02. The molecule has 2 aromatic carbocycles. The lowest BCUT2D eigenvalue weighted by Crippen LogP contribution is -2.15. The Morgan fingerprint density at radius 3 is 2.90 bits per heavy atom. The van der Waals surface area contributed by atoms with E-state index < -0.39 is 0 Å². The van der Waals surface area contributed by atoms with E-state index >= 15 is 0 Å². The molecule has 110 valence electrons. The molecule has 3 rings (SSSR count). The molecule has 2 nitrogen and oxygen atoms in total. The molecule has 0 aliphatic carbocycles. The third kappa shape index (κ3) is 3.23. The van der Waals surface area contributed by atoms with Crippen molar-refractivity contribution in [2.45, 2.75) is 19.0 Å². The maximum Gasteiger partial charge on any atom is 0.125 e. The molecule has 1 heterocycles. The number of hydrogen-bond donors (Lipinski definition) is 2. The van der Waals surface area contributed by atoms with Gasteiger partial charge in [-0.1, -0.05) is 35.9 Å². The van der Waals surface area contributed by atoms with Gasteiger partial charge >= 0.3 is 0 Å². The van der Waals surface area contributed by atoms with Crippen molar-refractivity contribution in [1.29, 1.82) is 0 Å². The second kappa shape index (κ2) is 6.34. The fraction of sp³-hybridized carbons (Fsp3) is 0.250. The summed E-state index contributed by atoms with van der Waals surface area (Å²) in [5, 5.41) is 7.25. The zero-order valence-electron chi connectivity index (χ0n) is 11.3. The van der Waals surface area contributed by atoms with E-state index in [-0.39, 0.29) is 11.9 Å². The lowest BCUT2D eigenvalue weighted by molar-refractivity contribution is 0.625. The Balaban J connectivity index is 1.95. The minimum atomic E-state index is -0.347. The molecule has 2 N–H and O–H groups in total. The monoisotopic (exact) mass is 368 g/mol. The molecule has 0 bridgehead atoms. The zero-order valence-corrected chi connectivity index (χ0v) is 13.6. The summed E-state index contributed by atoms with van der Waals surface area (Å²) in [5.41, 5.74) is 3.27. The van der Waals surface area contributed by atoms with Crippen molar-refractivity contribution in [2.24, 2.45) is 0 Å². The van der Waals surface area contributed by atoms with Crippen LogP contribution in [-0.2, 0) is 6.54 Å². The Kier molecular flexibility index (Phi) is 4.48. The maximum atomic E-state index is 13.3. The maximum absolute atomic E-state index is 13.3. The molecule has 21 heavy (non-hydrogen) atoms. The first kappa shape index (κ1) is 14.8. The van der Waals surface area contributed by atoms with E-state index in [4.69, 9.17) is 11.6 Å². The fourth-order valence-electron chi connectivity index (χ4n) is 2.66. The minimum absolute atomic E-state index is 0.149. The van der Waals surface area contributed by atoms with Gasteiger partial charge in [0.1, 0.15) is 5.82 Å². The van der Waals surface area contributed by atoms with Crippen LogP contribution in [0.4, 0.5) is 10.1 Å². The Labute approximate surface area is 136 Å². The molecule has 0 amide bonds. The van der Waals surface area contributed by atoms with Crippen LogP contribution in [0, 0.1) is 5.82 Å². The van der Waals surface area contributed by atoms with Crippen molar-refractivity contribution in [3.63, 3.8) is 0 Å². The van der Waals surface area contributed by atoms with Gasteiger partial charge < -0.3 is 10.6 Å². The first-order valence-electron chi connectivity index (χ1n) is 6.85. The van der Waals surface area contributed by atoms with Crippen molar-refractivity contribution in [2.75, 3.05) is 11.9 Å². The predicted molar refractivity (Wildman–Crippen MR) is 88.2 cm³/mol. The molecule has 0 spiro atoms. The summed E-state index contributed by atoms with van der Waals surface area (Å²) in [6.07, 6.45) is 0.942. The third-order valence-electron chi connectivity index (χ3n) is 3.68. The van der Waals surface area contributed by atoms with Crippen molar-refractivity contribution < 1.29 is 4.39 Å². The van der Waals surface area contributed by atoms with Gasteiger partial charge in [0, 0.05) is 11.0 Å². The zero-order chi connectivity index (χ0) is 14.8. The number of anilines is 1. The Morgan fingerprint density at radius 2 is 2.10 bits per heavy atom. The summed E-state index contributed by atoms with van der Waals surface area (Å²) in [4.78, 5) is 0. The minimum Gasteiger partial charge on any atom is -0.376 e. The van der Waals surface area contributed by atoms with E-state index in [1.807, 2.05) is 12.1 Å². The standard InChI is InChI=1S/C16H15BrClFN2/c17-13-7-11(19)8-14(18)16(13)21-15-5-6-20-9-10-3-1-2-4-12(10)15/h1-4,7-8,15,20-21H,5-6,9H2. The second-order valence-electron chi connectivity index (χ2n) is 5.11. The average molecular weight is 370 g/mol. The molecule has 1 aliphatic heterocycles. The van der Waals surface area contributed by atoms with Crippen LogP contribution >= 0.6 is 27.5 Å². The van der Waals surface area contributed by atoms with Gasteiger partial charge in [0.15, 0.2) is 0 Å². The second-order valence-corrected chi connectivity index (χ2v) is 6.37. The SMILES string of the molecule is Fc1cc(Cl)c(NC2CCNCc3ccccc32)c(Br)c1. The van der Waals surface area contributed by atoms with Gasteiger partial charge in [-0.25, -0.2) is 4.39 Å². The molecule has 0 aromatic heterocycles. The number of halogens is 3. The summed E-state index contributed by atoms with van der Waals surface area (Å²) in [6.45, 7) is 1.79. The van der Waals surface area contributed by atoms with Crippen molar-refractivity contribution >= 4 is 33.2 Å². The molecule has 2 aromatic rings. The highest BCUT2D eigenvalue weighted by atomic mass is 79.9. The summed E-state index contributed by atoms with van der Waals surface area (Å²) in [5.74, 6) is -0.347. The fourth-order valence-corrected chi connectivity index (χ4v) is 3.59. The highest BCUT2D eigenvalue weighted by Crippen LogP contribution is 2.36. The predicted octanol–water partition coefficient (Wildman–Crippen LogP) is 4.89. The molecular weight excluding hydrogens is 355 g/mol. The van der Waals surface area contributed by atoms with Gasteiger partial charge in [-0.3, -0.25) is 0 Å². The van der Waals surface area contributed by atoms with Crippen LogP contribution in [-0.4, -0.2) is 6.54 Å². The van der Waals surface area contributed by atoms with Gasteiger partial charge in [0.25, 0.3) is 0 Å². The topological polar surface area (TPSA) is 24.1 Å². The molecular formula is C16H15BrClFN2. The summed E-state index contributed by atoms with van der Waals surface area (Å²) < 4.78 is 14.0. The van der Waals surface area contributed by atoms with E-state index in [9.17, 15) is 4.39 Å². The number of rotatable bonds is 2. The summed E-state index contributed by atoms with van der Waals surface area (Å²) >= 11 is 9.56. The molecule has 1 unspecified atom stereocenters. The van der Waals surface area contributed by atoms with Crippen molar-refractivity contribution in [3.8, 4) is 0 Å². The van der Waals surface area contributed by atoms with Crippen LogP contribution < -0.4 is 10.6 Å². The van der Waals surface area contributed by atoms with E-state index in [0.717, 1.165) is 25.2 Å². The molecule has 5 heteroatoms.